The number of nitrogens with two attached hydrogens (primary N) is 1. The van der Waals surface area contributed by atoms with Gasteiger partial charge in [0.2, 0.25) is 0 Å². The van der Waals surface area contributed by atoms with Crippen LogP contribution < -0.4 is 5.73 Å². The van der Waals surface area contributed by atoms with E-state index in [0.29, 0.717) is 11.7 Å². The number of hydrogen-bond donors (Lipinski definition) is 1. The Morgan fingerprint density at radius 3 is 2.88 bits per heavy atom. The van der Waals surface area contributed by atoms with Gasteiger partial charge >= 0.3 is 0 Å². The summed E-state index contributed by atoms with van der Waals surface area (Å²) in [5.74, 6) is 0. The van der Waals surface area contributed by atoms with E-state index in [1.165, 1.54) is 0 Å². The van der Waals surface area contributed by atoms with E-state index < -0.39 is 0 Å². The molecule has 2 nitrogen and oxygen atoms in total. The van der Waals surface area contributed by atoms with Crippen LogP contribution in [0.3, 0.4) is 0 Å². The lowest BCUT2D eigenvalue weighted by Crippen LogP contribution is -2.00. The van der Waals surface area contributed by atoms with Crippen molar-refractivity contribution in [3.8, 4) is 0 Å². The van der Waals surface area contributed by atoms with Gasteiger partial charge in [0.25, 0.3) is 0 Å². The average Bonchev–Trinajstić information content (AvgIpc) is 2.28. The summed E-state index contributed by atoms with van der Waals surface area (Å²) in [6.45, 7) is 4.55. The molecule has 82 valence electrons. The maximum absolute atomic E-state index is 6.12. The van der Waals surface area contributed by atoms with E-state index in [9.17, 15) is 0 Å². The number of nitrogens with zero attached hydrogens (tertiary/aromatic N) is 1. The molecular weight excluding hydrogens is 220 g/mol. The van der Waals surface area contributed by atoms with Crippen molar-refractivity contribution in [3.63, 3.8) is 0 Å². The largest absolute Gasteiger partial charge is 0.330 e. The van der Waals surface area contributed by atoms with Gasteiger partial charge in [-0.1, -0.05) is 36.4 Å². The fraction of sp³-hybridized carbons (Fsp3) is 0.154. The zero-order chi connectivity index (χ0) is 11.5. The van der Waals surface area contributed by atoms with E-state index in [1.807, 2.05) is 30.3 Å². The average molecular weight is 233 g/mol. The molecule has 0 atom stereocenters. The molecule has 2 rings (SSSR count). The van der Waals surface area contributed by atoms with Crippen LogP contribution in [-0.4, -0.2) is 11.5 Å². The van der Waals surface area contributed by atoms with Crippen LogP contribution in [0.1, 0.15) is 12.0 Å². The van der Waals surface area contributed by atoms with E-state index in [-0.39, 0.29) is 0 Å². The molecule has 0 saturated carbocycles. The Hall–Kier alpha value is -1.38. The third kappa shape index (κ3) is 2.08. The Balaban J connectivity index is 2.54. The molecule has 0 saturated heterocycles. The first kappa shape index (κ1) is 11.1. The summed E-state index contributed by atoms with van der Waals surface area (Å²) in [7, 11) is 0. The molecule has 0 amide bonds. The highest BCUT2D eigenvalue weighted by Gasteiger charge is 2.07. The van der Waals surface area contributed by atoms with Gasteiger partial charge in [-0.15, -0.1) is 0 Å². The van der Waals surface area contributed by atoms with Gasteiger partial charge in [0.1, 0.15) is 5.15 Å². The van der Waals surface area contributed by atoms with Crippen LogP contribution in [0.15, 0.2) is 36.9 Å². The zero-order valence-corrected chi connectivity index (χ0v) is 9.67. The second-order valence-electron chi connectivity index (χ2n) is 3.66. The molecule has 3 heteroatoms. The van der Waals surface area contributed by atoms with Crippen molar-refractivity contribution in [2.75, 3.05) is 6.54 Å². The van der Waals surface area contributed by atoms with Crippen LogP contribution in [0.2, 0.25) is 5.15 Å². The minimum atomic E-state index is 0.497. The van der Waals surface area contributed by atoms with Gasteiger partial charge in [-0.25, -0.2) is 4.98 Å². The maximum Gasteiger partial charge on any atom is 0.137 e. The number of fused-ring (bicyclic) bond motifs is 1. The van der Waals surface area contributed by atoms with Crippen molar-refractivity contribution in [2.45, 2.75) is 6.42 Å². The minimum Gasteiger partial charge on any atom is -0.330 e. The Bertz CT molecular complexity index is 534. The number of aromatic nitrogens is 1. The molecule has 0 aliphatic rings. The fourth-order valence-corrected chi connectivity index (χ4v) is 1.93. The van der Waals surface area contributed by atoms with Crippen LogP contribution in [0.4, 0.5) is 0 Å². The molecule has 1 aromatic carbocycles. The summed E-state index contributed by atoms with van der Waals surface area (Å²) in [6.07, 6.45) is 0.736. The second-order valence-corrected chi connectivity index (χ2v) is 4.02. The van der Waals surface area contributed by atoms with Crippen LogP contribution in [0.25, 0.3) is 16.5 Å². The fourth-order valence-electron chi connectivity index (χ4n) is 1.65. The molecule has 16 heavy (non-hydrogen) atoms. The number of para-hydroxylation sites is 1. The third-order valence-corrected chi connectivity index (χ3v) is 2.79. The maximum atomic E-state index is 6.12. The lowest BCUT2D eigenvalue weighted by atomic mass is 10.0. The highest BCUT2D eigenvalue weighted by atomic mass is 35.5. The van der Waals surface area contributed by atoms with Gasteiger partial charge in [0.05, 0.1) is 5.52 Å². The molecular formula is C13H13ClN2. The molecule has 1 aromatic heterocycles. The third-order valence-electron chi connectivity index (χ3n) is 2.50. The van der Waals surface area contributed by atoms with Gasteiger partial charge in [-0.3, -0.25) is 0 Å². The SMILES string of the molecule is C=C(CCN)c1cc2ccccc2nc1Cl. The second kappa shape index (κ2) is 4.64. The van der Waals surface area contributed by atoms with E-state index in [2.05, 4.69) is 11.6 Å². The minimum absolute atomic E-state index is 0.497. The molecule has 0 aliphatic heterocycles. The van der Waals surface area contributed by atoms with Crippen LogP contribution >= 0.6 is 11.6 Å². The molecule has 0 unspecified atom stereocenters. The quantitative estimate of drug-likeness (QED) is 0.826. The van der Waals surface area contributed by atoms with Crippen molar-refractivity contribution in [3.05, 3.63) is 47.6 Å². The summed E-state index contributed by atoms with van der Waals surface area (Å²) >= 11 is 6.12. The van der Waals surface area contributed by atoms with Crippen molar-refractivity contribution in [1.82, 2.24) is 4.98 Å². The summed E-state index contributed by atoms with van der Waals surface area (Å²) < 4.78 is 0. The summed E-state index contributed by atoms with van der Waals surface area (Å²) in [5.41, 5.74) is 8.24. The molecule has 0 spiro atoms. The predicted octanol–water partition coefficient (Wildman–Crippen LogP) is 3.25. The first-order chi connectivity index (χ1) is 7.72. The van der Waals surface area contributed by atoms with E-state index in [0.717, 1.165) is 28.5 Å². The van der Waals surface area contributed by atoms with Crippen molar-refractivity contribution in [1.29, 1.82) is 0 Å². The van der Waals surface area contributed by atoms with Gasteiger partial charge < -0.3 is 5.73 Å². The van der Waals surface area contributed by atoms with E-state index >= 15 is 0 Å². The monoisotopic (exact) mass is 232 g/mol. The number of halogens is 1. The topological polar surface area (TPSA) is 38.9 Å². The first-order valence-corrected chi connectivity index (χ1v) is 5.53. The number of pyridine rings is 1. The van der Waals surface area contributed by atoms with Gasteiger partial charge in [0.15, 0.2) is 0 Å². The first-order valence-electron chi connectivity index (χ1n) is 5.16. The molecule has 0 bridgehead atoms. The zero-order valence-electron chi connectivity index (χ0n) is 8.91. The van der Waals surface area contributed by atoms with Crippen molar-refractivity contribution < 1.29 is 0 Å². The molecule has 0 aliphatic carbocycles. The predicted molar refractivity (Wildman–Crippen MR) is 69.5 cm³/mol. The lowest BCUT2D eigenvalue weighted by Gasteiger charge is -2.08. The van der Waals surface area contributed by atoms with E-state index in [1.54, 1.807) is 0 Å². The van der Waals surface area contributed by atoms with E-state index in [4.69, 9.17) is 17.3 Å². The van der Waals surface area contributed by atoms with Gasteiger partial charge in [-0.2, -0.15) is 0 Å². The standard InChI is InChI=1S/C13H13ClN2/c1-9(6-7-15)11-8-10-4-2-3-5-12(10)16-13(11)14/h2-5,8H,1,6-7,15H2. The highest BCUT2D eigenvalue weighted by Crippen LogP contribution is 2.26. The normalized spacial score (nSPS) is 10.6. The highest BCUT2D eigenvalue weighted by molar-refractivity contribution is 6.31. The number of hydrogen-bond acceptors (Lipinski definition) is 2. The van der Waals surface area contributed by atoms with Crippen LogP contribution in [-0.2, 0) is 0 Å². The Morgan fingerprint density at radius 2 is 2.12 bits per heavy atom. The smallest absolute Gasteiger partial charge is 0.137 e. The van der Waals surface area contributed by atoms with Gasteiger partial charge in [0, 0.05) is 10.9 Å². The molecule has 0 fully saturated rings. The molecule has 2 aromatic rings. The lowest BCUT2D eigenvalue weighted by molar-refractivity contribution is 1.02. The molecule has 1 heterocycles. The van der Waals surface area contributed by atoms with Crippen LogP contribution in [0.5, 0.6) is 0 Å². The number of rotatable bonds is 3. The Kier molecular flexibility index (Phi) is 3.22. The Morgan fingerprint density at radius 1 is 1.38 bits per heavy atom. The van der Waals surface area contributed by atoms with Crippen molar-refractivity contribution >= 4 is 28.1 Å². The summed E-state index contributed by atoms with van der Waals surface area (Å²) in [5, 5.41) is 1.57. The summed E-state index contributed by atoms with van der Waals surface area (Å²) in [6, 6.07) is 9.89. The molecule has 0 radical (unpaired) electrons. The van der Waals surface area contributed by atoms with Crippen molar-refractivity contribution in [2.24, 2.45) is 5.73 Å². The van der Waals surface area contributed by atoms with Gasteiger partial charge in [-0.05, 0) is 30.7 Å². The Labute approximate surface area is 99.7 Å². The molecule has 2 N–H and O–H groups in total. The number of benzene rings is 1. The summed E-state index contributed by atoms with van der Waals surface area (Å²) in [4.78, 5) is 4.34. The van der Waals surface area contributed by atoms with Crippen LogP contribution in [0, 0.1) is 0 Å².